The Labute approximate surface area is 216 Å². The maximum atomic E-state index is 13.4. The van der Waals surface area contributed by atoms with Gasteiger partial charge in [0.2, 0.25) is 0 Å². The predicted octanol–water partition coefficient (Wildman–Crippen LogP) is 4.57. The molecule has 2 saturated heterocycles. The zero-order chi connectivity index (χ0) is 26.8. The molecule has 1 unspecified atom stereocenters. The van der Waals surface area contributed by atoms with E-state index in [-0.39, 0.29) is 41.4 Å². The molecule has 6 nitrogen and oxygen atoms in total. The number of hydrogen-bond donors (Lipinski definition) is 0. The number of morpholine rings is 1. The number of sulfone groups is 1. The summed E-state index contributed by atoms with van der Waals surface area (Å²) in [4.78, 5) is 16.7. The highest BCUT2D eigenvalue weighted by Gasteiger charge is 2.44. The van der Waals surface area contributed by atoms with Crippen LogP contribution in [0.5, 0.6) is 0 Å². The van der Waals surface area contributed by atoms with E-state index in [4.69, 9.17) is 4.74 Å². The maximum Gasteiger partial charge on any atom is 0.253 e. The summed E-state index contributed by atoms with van der Waals surface area (Å²) in [5.41, 5.74) is 0.427. The minimum absolute atomic E-state index is 0.00624. The summed E-state index contributed by atoms with van der Waals surface area (Å²) in [6.45, 7) is 4.67. The van der Waals surface area contributed by atoms with E-state index < -0.39 is 28.0 Å². The average molecular weight is 539 g/mol. The van der Waals surface area contributed by atoms with Crippen LogP contribution < -0.4 is 0 Å². The van der Waals surface area contributed by atoms with E-state index in [0.29, 0.717) is 38.0 Å². The van der Waals surface area contributed by atoms with Crippen LogP contribution in [-0.4, -0.2) is 74.6 Å². The molecule has 0 N–H and O–H groups in total. The molecule has 2 aliphatic heterocycles. The van der Waals surface area contributed by atoms with Crippen LogP contribution in [0.25, 0.3) is 0 Å². The van der Waals surface area contributed by atoms with Gasteiger partial charge in [0.15, 0.2) is 9.84 Å². The van der Waals surface area contributed by atoms with Gasteiger partial charge in [-0.2, -0.15) is 0 Å². The van der Waals surface area contributed by atoms with Gasteiger partial charge in [-0.05, 0) is 60.7 Å². The fourth-order valence-electron chi connectivity index (χ4n) is 5.18. The summed E-state index contributed by atoms with van der Waals surface area (Å²) in [7, 11) is -3.41. The molecule has 0 radical (unpaired) electrons. The van der Waals surface area contributed by atoms with Gasteiger partial charge < -0.3 is 9.64 Å². The number of hydrogen-bond acceptors (Lipinski definition) is 5. The molecule has 0 aliphatic carbocycles. The number of benzene rings is 2. The van der Waals surface area contributed by atoms with Gasteiger partial charge in [0.05, 0.1) is 28.9 Å². The Balaban J connectivity index is 1.44. The molecule has 2 aliphatic rings. The van der Waals surface area contributed by atoms with Crippen LogP contribution in [0.15, 0.2) is 53.4 Å². The summed E-state index contributed by atoms with van der Waals surface area (Å²) in [5.74, 6) is -0.557. The minimum atomic E-state index is -3.41. The third kappa shape index (κ3) is 6.72. The maximum absolute atomic E-state index is 13.4. The number of ether oxygens (including phenoxy) is 1. The second-order valence-electron chi connectivity index (χ2n) is 10.4. The van der Waals surface area contributed by atoms with Crippen molar-refractivity contribution in [1.82, 2.24) is 9.80 Å². The summed E-state index contributed by atoms with van der Waals surface area (Å²) < 4.78 is 71.3. The van der Waals surface area contributed by atoms with Crippen molar-refractivity contribution in [1.29, 1.82) is 0 Å². The van der Waals surface area contributed by atoms with Crippen molar-refractivity contribution in [3.8, 4) is 0 Å². The van der Waals surface area contributed by atoms with E-state index in [0.717, 1.165) is 5.56 Å². The van der Waals surface area contributed by atoms with Gasteiger partial charge in [-0.1, -0.05) is 26.0 Å². The number of carbonyl (C=O) groups is 1. The molecule has 0 aromatic heterocycles. The summed E-state index contributed by atoms with van der Waals surface area (Å²) in [5, 5.41) is 0. The molecule has 10 heteroatoms. The number of amides is 1. The second-order valence-corrected chi connectivity index (χ2v) is 12.5. The van der Waals surface area contributed by atoms with E-state index in [1.165, 1.54) is 36.4 Å². The van der Waals surface area contributed by atoms with E-state index in [9.17, 15) is 26.4 Å². The molecular formula is C27H33F3N2O4S. The van der Waals surface area contributed by atoms with Crippen molar-refractivity contribution in [3.05, 3.63) is 65.5 Å². The Kier molecular flexibility index (Phi) is 8.30. The average Bonchev–Trinajstić information content (AvgIpc) is 2.83. The Morgan fingerprint density at radius 3 is 2.24 bits per heavy atom. The van der Waals surface area contributed by atoms with E-state index in [1.54, 1.807) is 21.9 Å². The monoisotopic (exact) mass is 538 g/mol. The molecule has 0 bridgehead atoms. The number of rotatable bonds is 7. The summed E-state index contributed by atoms with van der Waals surface area (Å²) in [6.07, 6.45) is -2.03. The van der Waals surface area contributed by atoms with Crippen LogP contribution in [0.2, 0.25) is 0 Å². The Morgan fingerprint density at radius 1 is 1.05 bits per heavy atom. The van der Waals surface area contributed by atoms with Crippen molar-refractivity contribution < 1.29 is 31.1 Å². The van der Waals surface area contributed by atoms with E-state index >= 15 is 0 Å². The first-order valence-corrected chi connectivity index (χ1v) is 14.2. The van der Waals surface area contributed by atoms with Gasteiger partial charge in [-0.3, -0.25) is 9.69 Å². The smallest absolute Gasteiger partial charge is 0.253 e. The molecule has 2 heterocycles. The van der Waals surface area contributed by atoms with E-state index in [1.807, 2.05) is 13.8 Å². The normalized spacial score (nSPS) is 20.6. The number of piperidine rings is 1. The van der Waals surface area contributed by atoms with Crippen LogP contribution in [0.4, 0.5) is 13.2 Å². The van der Waals surface area contributed by atoms with Crippen LogP contribution >= 0.6 is 0 Å². The molecule has 37 heavy (non-hydrogen) atoms. The molecule has 1 spiro atoms. The molecule has 1 atom stereocenters. The lowest BCUT2D eigenvalue weighted by Gasteiger charge is -2.50. The first kappa shape index (κ1) is 27.6. The lowest BCUT2D eigenvalue weighted by atomic mass is 9.87. The van der Waals surface area contributed by atoms with E-state index in [2.05, 4.69) is 0 Å². The second kappa shape index (κ2) is 11.1. The van der Waals surface area contributed by atoms with Gasteiger partial charge in [-0.25, -0.2) is 21.6 Å². The number of carbonyl (C=O) groups excluding carboxylic acids is 1. The first-order chi connectivity index (χ1) is 17.5. The summed E-state index contributed by atoms with van der Waals surface area (Å²) in [6, 6.07) is 11.9. The van der Waals surface area contributed by atoms with Crippen LogP contribution in [-0.2, 0) is 14.6 Å². The Hall–Kier alpha value is -2.43. The number of nitrogens with zero attached hydrogens (tertiary/aromatic N) is 2. The van der Waals surface area contributed by atoms with Gasteiger partial charge in [0.1, 0.15) is 5.82 Å². The van der Waals surface area contributed by atoms with Gasteiger partial charge in [0, 0.05) is 31.7 Å². The van der Waals surface area contributed by atoms with Crippen molar-refractivity contribution >= 4 is 15.7 Å². The standard InChI is InChI=1S/C27H33F3N2O4S/c1-19(2)17-37(34,35)23-9-5-21(6-10-23)26(33)32-13-11-27(12-14-32)18-31(16-25(29)30)15-24(36-27)20-3-7-22(28)8-4-20/h3-10,19,24-25H,11-18H2,1-2H3. The Bertz CT molecular complexity index is 1180. The fraction of sp³-hybridized carbons (Fsp3) is 0.519. The third-order valence-electron chi connectivity index (χ3n) is 6.94. The molecular weight excluding hydrogens is 505 g/mol. The molecule has 0 saturated carbocycles. The summed E-state index contributed by atoms with van der Waals surface area (Å²) >= 11 is 0. The van der Waals surface area contributed by atoms with Gasteiger partial charge in [0.25, 0.3) is 12.3 Å². The molecule has 2 aromatic carbocycles. The first-order valence-electron chi connectivity index (χ1n) is 12.5. The third-order valence-corrected chi connectivity index (χ3v) is 9.04. The largest absolute Gasteiger partial charge is 0.364 e. The zero-order valence-corrected chi connectivity index (χ0v) is 21.9. The van der Waals surface area contributed by atoms with Gasteiger partial charge >= 0.3 is 0 Å². The van der Waals surface area contributed by atoms with Crippen molar-refractivity contribution in [2.75, 3.05) is 38.5 Å². The molecule has 1 amide bonds. The highest BCUT2D eigenvalue weighted by Crippen LogP contribution is 2.38. The topological polar surface area (TPSA) is 66.9 Å². The van der Waals surface area contributed by atoms with Crippen LogP contribution in [0, 0.1) is 11.7 Å². The zero-order valence-electron chi connectivity index (χ0n) is 21.1. The Morgan fingerprint density at radius 2 is 1.68 bits per heavy atom. The molecule has 202 valence electrons. The van der Waals surface area contributed by atoms with Crippen molar-refractivity contribution in [3.63, 3.8) is 0 Å². The van der Waals surface area contributed by atoms with Crippen molar-refractivity contribution in [2.45, 2.75) is 49.7 Å². The molecule has 4 rings (SSSR count). The lowest BCUT2D eigenvalue weighted by Crippen LogP contribution is -2.58. The highest BCUT2D eigenvalue weighted by atomic mass is 32.2. The van der Waals surface area contributed by atoms with Crippen LogP contribution in [0.1, 0.15) is 48.7 Å². The molecule has 2 fully saturated rings. The minimum Gasteiger partial charge on any atom is -0.364 e. The number of halogens is 3. The highest BCUT2D eigenvalue weighted by molar-refractivity contribution is 7.91. The fourth-order valence-corrected chi connectivity index (χ4v) is 6.80. The number of likely N-dealkylation sites (tertiary alicyclic amines) is 1. The van der Waals surface area contributed by atoms with Crippen LogP contribution in [0.3, 0.4) is 0 Å². The van der Waals surface area contributed by atoms with Gasteiger partial charge in [-0.15, -0.1) is 0 Å². The molecule has 2 aromatic rings. The van der Waals surface area contributed by atoms with Crippen molar-refractivity contribution in [2.24, 2.45) is 5.92 Å². The quantitative estimate of drug-likeness (QED) is 0.517. The lowest BCUT2D eigenvalue weighted by molar-refractivity contribution is -0.180. The predicted molar refractivity (Wildman–Crippen MR) is 134 cm³/mol. The number of alkyl halides is 2. The SMILES string of the molecule is CC(C)CS(=O)(=O)c1ccc(C(=O)N2CCC3(CC2)CN(CC(F)F)CC(c2ccc(F)cc2)O3)cc1.